The average Bonchev–Trinajstić information content (AvgIpc) is 3.65. The number of benzene rings is 2. The Morgan fingerprint density at radius 3 is 1.62 bits per heavy atom. The lowest BCUT2D eigenvalue weighted by atomic mass is 9.94. The van der Waals surface area contributed by atoms with Crippen LogP contribution >= 0.6 is 23.2 Å². The number of cyclic esters (lactones) is 2. The topological polar surface area (TPSA) is 193 Å². The first-order chi connectivity index (χ1) is 22.6. The van der Waals surface area contributed by atoms with Crippen molar-refractivity contribution in [1.29, 1.82) is 10.5 Å². The molecule has 14 nitrogen and oxygen atoms in total. The van der Waals surface area contributed by atoms with Crippen molar-refractivity contribution in [2.75, 3.05) is 14.1 Å². The van der Waals surface area contributed by atoms with Crippen LogP contribution in [0.4, 0.5) is 0 Å². The van der Waals surface area contributed by atoms with Crippen LogP contribution in [0.5, 0.6) is 0 Å². The number of hydrogen-bond donors (Lipinski definition) is 1. The summed E-state index contributed by atoms with van der Waals surface area (Å²) in [5.41, 5.74) is 0.0727. The van der Waals surface area contributed by atoms with Gasteiger partial charge in [-0.1, -0.05) is 23.2 Å². The van der Waals surface area contributed by atoms with E-state index in [0.717, 1.165) is 0 Å². The number of aliphatic carboxylic acids is 1. The van der Waals surface area contributed by atoms with E-state index in [9.17, 15) is 24.3 Å². The van der Waals surface area contributed by atoms with Crippen LogP contribution in [0.1, 0.15) is 57.3 Å². The predicted molar refractivity (Wildman–Crippen MR) is 168 cm³/mol. The second kappa shape index (κ2) is 12.5. The first-order valence-electron chi connectivity index (χ1n) is 14.1. The molecule has 2 aromatic carbocycles. The number of nitrogens with zero attached hydrogens (tertiary/aromatic N) is 7. The van der Waals surface area contributed by atoms with E-state index in [0.29, 0.717) is 33.9 Å². The van der Waals surface area contributed by atoms with Crippen molar-refractivity contribution in [3.05, 3.63) is 93.0 Å². The quantitative estimate of drug-likeness (QED) is 0.305. The molecule has 6 rings (SSSR count). The van der Waals surface area contributed by atoms with E-state index >= 15 is 0 Å². The second-order valence-corrected chi connectivity index (χ2v) is 12.3. The number of carbonyl (C=O) groups excluding carboxylic acids is 3. The molecule has 1 amide bonds. The molecular formula is C32H25Cl2N7O7. The molecule has 0 bridgehead atoms. The van der Waals surface area contributed by atoms with E-state index in [2.05, 4.69) is 9.97 Å². The Balaban J connectivity index is 0.000000188. The van der Waals surface area contributed by atoms with Crippen LogP contribution in [-0.4, -0.2) is 78.2 Å². The lowest BCUT2D eigenvalue weighted by Crippen LogP contribution is -2.51. The lowest BCUT2D eigenvalue weighted by Gasteiger charge is -2.33. The number of amides is 1. The van der Waals surface area contributed by atoms with Crippen LogP contribution in [0.25, 0.3) is 11.4 Å². The molecule has 16 heteroatoms. The number of hydrogen-bond acceptors (Lipinski definition) is 10. The van der Waals surface area contributed by atoms with Crippen molar-refractivity contribution in [3.8, 4) is 23.5 Å². The summed E-state index contributed by atoms with van der Waals surface area (Å²) < 4.78 is 13.5. The minimum atomic E-state index is -1.63. The molecule has 0 fully saturated rings. The van der Waals surface area contributed by atoms with E-state index in [4.69, 9.17) is 43.2 Å². The number of carboxylic acid groups (broad SMARTS) is 1. The molecule has 2 atom stereocenters. The van der Waals surface area contributed by atoms with Crippen LogP contribution < -0.4 is 0 Å². The van der Waals surface area contributed by atoms with Crippen molar-refractivity contribution in [2.24, 2.45) is 0 Å². The Labute approximate surface area is 283 Å². The first-order valence-corrected chi connectivity index (χ1v) is 14.8. The fourth-order valence-electron chi connectivity index (χ4n) is 5.27. The Morgan fingerprint density at radius 1 is 0.833 bits per heavy atom. The Kier molecular flexibility index (Phi) is 8.75. The highest BCUT2D eigenvalue weighted by Crippen LogP contribution is 2.32. The van der Waals surface area contributed by atoms with Gasteiger partial charge in [-0.15, -0.1) is 0 Å². The molecule has 2 aliphatic rings. The van der Waals surface area contributed by atoms with Crippen LogP contribution in [0, 0.1) is 22.7 Å². The Bertz CT molecular complexity index is 2110. The van der Waals surface area contributed by atoms with Gasteiger partial charge in [-0.05, 0) is 50.2 Å². The summed E-state index contributed by atoms with van der Waals surface area (Å²) in [5, 5.41) is 27.6. The van der Waals surface area contributed by atoms with Crippen molar-refractivity contribution in [1.82, 2.24) is 24.0 Å². The second-order valence-electron chi connectivity index (χ2n) is 11.5. The average molecular weight is 691 g/mol. The fraction of sp³-hybridized carbons (Fsp3) is 0.250. The number of aromatic nitrogens is 4. The summed E-state index contributed by atoms with van der Waals surface area (Å²) in [5.74, 6) is -2.93. The maximum Gasteiger partial charge on any atom is 0.358 e. The highest BCUT2D eigenvalue weighted by atomic mass is 35.5. The lowest BCUT2D eigenvalue weighted by molar-refractivity contribution is -0.158. The van der Waals surface area contributed by atoms with Crippen molar-refractivity contribution >= 4 is 47.0 Å². The predicted octanol–water partition coefficient (Wildman–Crippen LogP) is 3.91. The molecule has 2 unspecified atom stereocenters. The van der Waals surface area contributed by atoms with Gasteiger partial charge in [-0.25, -0.2) is 24.4 Å². The van der Waals surface area contributed by atoms with Gasteiger partial charge in [0.25, 0.3) is 5.91 Å². The van der Waals surface area contributed by atoms with Gasteiger partial charge in [0.1, 0.15) is 24.8 Å². The zero-order chi connectivity index (χ0) is 35.1. The highest BCUT2D eigenvalue weighted by molar-refractivity contribution is 6.32. The van der Waals surface area contributed by atoms with Gasteiger partial charge in [0.05, 0.1) is 32.6 Å². The van der Waals surface area contributed by atoms with Gasteiger partial charge in [0.2, 0.25) is 5.60 Å². The zero-order valence-electron chi connectivity index (χ0n) is 25.8. The molecule has 1 N–H and O–H groups in total. The molecule has 0 spiro atoms. The van der Waals surface area contributed by atoms with Crippen LogP contribution in [-0.2, 0) is 31.9 Å². The molecule has 2 aromatic heterocycles. The van der Waals surface area contributed by atoms with E-state index in [1.807, 2.05) is 12.1 Å². The van der Waals surface area contributed by atoms with Gasteiger partial charge in [-0.2, -0.15) is 10.5 Å². The van der Waals surface area contributed by atoms with Crippen LogP contribution in [0.2, 0.25) is 10.0 Å². The molecule has 0 saturated heterocycles. The number of rotatable bonds is 4. The van der Waals surface area contributed by atoms with E-state index < -0.39 is 29.1 Å². The number of fused-ring (bicyclic) bond motifs is 2. The van der Waals surface area contributed by atoms with Gasteiger partial charge >= 0.3 is 17.9 Å². The number of nitriles is 2. The smallest absolute Gasteiger partial charge is 0.358 e. The summed E-state index contributed by atoms with van der Waals surface area (Å²) >= 11 is 12.1. The fourth-order valence-corrected chi connectivity index (χ4v) is 5.71. The zero-order valence-corrected chi connectivity index (χ0v) is 27.3. The normalized spacial score (nSPS) is 19.2. The summed E-state index contributed by atoms with van der Waals surface area (Å²) in [6.45, 7) is 2.90. The van der Waals surface area contributed by atoms with Crippen molar-refractivity contribution in [2.45, 2.75) is 37.9 Å². The minimum Gasteiger partial charge on any atom is -0.478 e. The summed E-state index contributed by atoms with van der Waals surface area (Å²) in [6, 6.07) is 13.4. The monoisotopic (exact) mass is 689 g/mol. The molecule has 244 valence electrons. The first kappa shape index (κ1) is 33.7. The number of carboxylic acids is 1. The number of carbonyl (C=O) groups is 4. The van der Waals surface area contributed by atoms with Crippen molar-refractivity contribution in [3.63, 3.8) is 0 Å². The van der Waals surface area contributed by atoms with Gasteiger partial charge in [-0.3, -0.25) is 13.9 Å². The highest BCUT2D eigenvalue weighted by Gasteiger charge is 2.46. The number of esters is 2. The summed E-state index contributed by atoms with van der Waals surface area (Å²) in [6.07, 6.45) is 3.04. The van der Waals surface area contributed by atoms with Gasteiger partial charge in [0.15, 0.2) is 17.0 Å². The SMILES string of the molecule is CC1(C(=O)O)Cc2ncn(-c3ccc(C#N)c(Cl)c3)c2C(=O)O1.CN(C)C(=O)C1(C)Cc2ncn(-c3ccc(C#N)c(Cl)c3)c2C(=O)O1. The number of halogens is 2. The molecule has 48 heavy (non-hydrogen) atoms. The summed E-state index contributed by atoms with van der Waals surface area (Å²) in [7, 11) is 3.21. The molecule has 2 aliphatic heterocycles. The Morgan fingerprint density at radius 2 is 1.25 bits per heavy atom. The van der Waals surface area contributed by atoms with Crippen molar-refractivity contribution < 1.29 is 33.8 Å². The van der Waals surface area contributed by atoms with E-state index in [1.54, 1.807) is 49.9 Å². The minimum absolute atomic E-state index is 0.0274. The van der Waals surface area contributed by atoms with Gasteiger partial charge < -0.3 is 19.5 Å². The van der Waals surface area contributed by atoms with Gasteiger partial charge in [0, 0.05) is 38.3 Å². The maximum atomic E-state index is 12.6. The number of likely N-dealkylation sites (N-methyl/N-ethyl adjacent to an activating group) is 1. The number of ether oxygens (including phenoxy) is 2. The summed E-state index contributed by atoms with van der Waals surface area (Å²) in [4.78, 5) is 58.2. The van der Waals surface area contributed by atoms with E-state index in [-0.39, 0.29) is 40.2 Å². The van der Waals surface area contributed by atoms with Crippen LogP contribution in [0.15, 0.2) is 49.1 Å². The third-order valence-electron chi connectivity index (χ3n) is 7.73. The molecule has 4 heterocycles. The Hall–Kier alpha value is -5.70. The largest absolute Gasteiger partial charge is 0.478 e. The third-order valence-corrected chi connectivity index (χ3v) is 8.36. The third kappa shape index (κ3) is 5.95. The molecule has 0 radical (unpaired) electrons. The maximum absolute atomic E-state index is 12.6. The molecular weight excluding hydrogens is 665 g/mol. The van der Waals surface area contributed by atoms with E-state index in [1.165, 1.54) is 41.2 Å². The number of imidazole rings is 2. The standard InChI is InChI=1S/C17H15ClN4O3.C15H10ClN3O4/c1-17(16(24)21(2)3)7-13-14(15(23)25-17)22(9-20-13)11-5-4-10(8-19)12(18)6-11;1-15(14(21)22)5-11-12(13(20)23-15)19(7-18-11)9-3-2-8(6-17)10(16)4-9/h4-6,9H,7H2,1-3H3;2-4,7H,5H2,1H3,(H,21,22). The molecule has 0 aliphatic carbocycles. The molecule has 4 aromatic rings. The molecule has 0 saturated carbocycles. The van der Waals surface area contributed by atoms with Crippen LogP contribution in [0.3, 0.4) is 0 Å².